The van der Waals surface area contributed by atoms with E-state index in [-0.39, 0.29) is 0 Å². The van der Waals surface area contributed by atoms with E-state index in [1.165, 1.54) is 35.7 Å². The van der Waals surface area contributed by atoms with Gasteiger partial charge in [0.2, 0.25) is 0 Å². The van der Waals surface area contributed by atoms with Crippen molar-refractivity contribution in [1.82, 2.24) is 0 Å². The number of hydrogen-bond donors (Lipinski definition) is 0. The minimum Gasteiger partial charge on any atom is -0.0683 e. The monoisotopic (exact) mass is 286 g/mol. The topological polar surface area (TPSA) is 0 Å². The average Bonchev–Trinajstić information content (AvgIpc) is 2.37. The van der Waals surface area contributed by atoms with Crippen LogP contribution in [0.1, 0.15) is 59.4 Å². The summed E-state index contributed by atoms with van der Waals surface area (Å²) in [7, 11) is 0. The third-order valence-corrected chi connectivity index (χ3v) is 2.51. The van der Waals surface area contributed by atoms with Gasteiger partial charge in [0.1, 0.15) is 0 Å². The van der Waals surface area contributed by atoms with Crippen LogP contribution in [0.2, 0.25) is 0 Å². The van der Waals surface area contributed by atoms with E-state index in [2.05, 4.69) is 47.1 Å². The van der Waals surface area contributed by atoms with Crippen LogP contribution >= 0.6 is 15.9 Å². The summed E-state index contributed by atoms with van der Waals surface area (Å²) in [4.78, 5) is 0. The maximum Gasteiger partial charge on any atom is 0.0175 e. The van der Waals surface area contributed by atoms with Gasteiger partial charge in [0.25, 0.3) is 0 Å². The summed E-state index contributed by atoms with van der Waals surface area (Å²) in [6.07, 6.45) is 5.19. The van der Waals surface area contributed by atoms with Crippen molar-refractivity contribution >= 4 is 15.9 Å². The molecule has 0 N–H and O–H groups in total. The Morgan fingerprint density at radius 1 is 0.875 bits per heavy atom. The minimum atomic E-state index is 1.17. The molecule has 0 unspecified atom stereocenters. The highest BCUT2D eigenvalue weighted by molar-refractivity contribution is 9.10. The van der Waals surface area contributed by atoms with Crippen molar-refractivity contribution in [1.29, 1.82) is 0 Å². The van der Waals surface area contributed by atoms with Crippen molar-refractivity contribution in [2.45, 2.75) is 60.3 Å². The lowest BCUT2D eigenvalue weighted by Gasteiger charge is -1.99. The molecule has 0 saturated heterocycles. The first-order valence-electron chi connectivity index (χ1n) is 6.57. The van der Waals surface area contributed by atoms with E-state index >= 15 is 0 Å². The van der Waals surface area contributed by atoms with Gasteiger partial charge in [0.15, 0.2) is 0 Å². The molecule has 0 aliphatic rings. The minimum absolute atomic E-state index is 1.17. The molecule has 0 bridgehead atoms. The van der Waals surface area contributed by atoms with E-state index in [4.69, 9.17) is 0 Å². The summed E-state index contributed by atoms with van der Waals surface area (Å²) >= 11 is 3.43. The first-order valence-corrected chi connectivity index (χ1v) is 7.36. The highest BCUT2D eigenvalue weighted by atomic mass is 79.9. The van der Waals surface area contributed by atoms with Crippen molar-refractivity contribution in [3.8, 4) is 0 Å². The smallest absolute Gasteiger partial charge is 0.0175 e. The van der Waals surface area contributed by atoms with Crippen LogP contribution in [0.25, 0.3) is 0 Å². The second-order valence-electron chi connectivity index (χ2n) is 3.08. The third kappa shape index (κ3) is 10.2. The van der Waals surface area contributed by atoms with Crippen molar-refractivity contribution in [2.24, 2.45) is 0 Å². The SMILES string of the molecule is CC.CC.CCCCCc1ccc(Br)cc1. The lowest BCUT2D eigenvalue weighted by Crippen LogP contribution is -1.83. The zero-order valence-electron chi connectivity index (χ0n) is 11.5. The van der Waals surface area contributed by atoms with E-state index in [1.54, 1.807) is 0 Å². The molecule has 0 nitrogen and oxygen atoms in total. The molecule has 0 saturated carbocycles. The first kappa shape index (κ1) is 18.1. The molecule has 0 heterocycles. The van der Waals surface area contributed by atoms with Gasteiger partial charge in [-0.2, -0.15) is 0 Å². The van der Waals surface area contributed by atoms with Crippen LogP contribution in [-0.2, 0) is 6.42 Å². The van der Waals surface area contributed by atoms with Gasteiger partial charge in [0, 0.05) is 4.47 Å². The Labute approximate surface area is 111 Å². The molecule has 1 rings (SSSR count). The van der Waals surface area contributed by atoms with Crippen LogP contribution in [0.15, 0.2) is 28.7 Å². The van der Waals surface area contributed by atoms with Crippen LogP contribution in [0, 0.1) is 0 Å². The number of benzene rings is 1. The number of halogens is 1. The molecule has 0 aliphatic heterocycles. The summed E-state index contributed by atoms with van der Waals surface area (Å²) in [6.45, 7) is 10.2. The highest BCUT2D eigenvalue weighted by Gasteiger charge is 1.92. The van der Waals surface area contributed by atoms with Crippen LogP contribution in [0.4, 0.5) is 0 Å². The second-order valence-corrected chi connectivity index (χ2v) is 4.00. The number of unbranched alkanes of at least 4 members (excludes halogenated alkanes) is 2. The Morgan fingerprint density at radius 2 is 1.38 bits per heavy atom. The Bertz CT molecular complexity index is 213. The average molecular weight is 287 g/mol. The molecule has 0 radical (unpaired) electrons. The predicted molar refractivity (Wildman–Crippen MR) is 80.1 cm³/mol. The zero-order chi connectivity index (χ0) is 12.8. The summed E-state index contributed by atoms with van der Waals surface area (Å²) < 4.78 is 1.17. The Kier molecular flexibility index (Phi) is 16.6. The van der Waals surface area contributed by atoms with Crippen molar-refractivity contribution in [2.75, 3.05) is 0 Å². The molecule has 0 spiro atoms. The van der Waals surface area contributed by atoms with Gasteiger partial charge in [-0.1, -0.05) is 75.5 Å². The highest BCUT2D eigenvalue weighted by Crippen LogP contribution is 2.12. The largest absolute Gasteiger partial charge is 0.0683 e. The quantitative estimate of drug-likeness (QED) is 0.575. The molecule has 16 heavy (non-hydrogen) atoms. The Hall–Kier alpha value is -0.300. The standard InChI is InChI=1S/C11H15Br.2C2H6/c1-2-3-4-5-10-6-8-11(12)9-7-10;2*1-2/h6-9H,2-5H2,1H3;2*1-2H3. The Morgan fingerprint density at radius 3 is 1.81 bits per heavy atom. The van der Waals surface area contributed by atoms with Gasteiger partial charge in [-0.3, -0.25) is 0 Å². The molecule has 0 aliphatic carbocycles. The molecule has 0 fully saturated rings. The predicted octanol–water partition coefficient (Wildman–Crippen LogP) is 6.23. The molecular weight excluding hydrogens is 260 g/mol. The summed E-state index contributed by atoms with van der Waals surface area (Å²) in [5.74, 6) is 0. The van der Waals surface area contributed by atoms with Gasteiger partial charge in [-0.05, 0) is 30.5 Å². The second kappa shape index (κ2) is 14.7. The van der Waals surface area contributed by atoms with Crippen LogP contribution in [0.5, 0.6) is 0 Å². The lowest BCUT2D eigenvalue weighted by atomic mass is 10.1. The van der Waals surface area contributed by atoms with Gasteiger partial charge in [0.05, 0.1) is 0 Å². The summed E-state index contributed by atoms with van der Waals surface area (Å²) in [5.41, 5.74) is 1.45. The van der Waals surface area contributed by atoms with Crippen LogP contribution < -0.4 is 0 Å². The number of rotatable bonds is 4. The maximum atomic E-state index is 3.43. The van der Waals surface area contributed by atoms with Crippen LogP contribution in [0.3, 0.4) is 0 Å². The van der Waals surface area contributed by atoms with Crippen molar-refractivity contribution < 1.29 is 0 Å². The van der Waals surface area contributed by atoms with Crippen molar-refractivity contribution in [3.63, 3.8) is 0 Å². The lowest BCUT2D eigenvalue weighted by molar-refractivity contribution is 0.717. The fraction of sp³-hybridized carbons (Fsp3) is 0.600. The zero-order valence-corrected chi connectivity index (χ0v) is 13.1. The van der Waals surface area contributed by atoms with E-state index in [0.29, 0.717) is 0 Å². The van der Waals surface area contributed by atoms with E-state index in [9.17, 15) is 0 Å². The molecule has 0 amide bonds. The van der Waals surface area contributed by atoms with Crippen molar-refractivity contribution in [3.05, 3.63) is 34.3 Å². The Balaban J connectivity index is 0. The van der Waals surface area contributed by atoms with E-state index < -0.39 is 0 Å². The van der Waals surface area contributed by atoms with Gasteiger partial charge < -0.3 is 0 Å². The van der Waals surface area contributed by atoms with Gasteiger partial charge >= 0.3 is 0 Å². The third-order valence-electron chi connectivity index (χ3n) is 1.98. The van der Waals surface area contributed by atoms with Gasteiger partial charge in [-0.15, -0.1) is 0 Å². The summed E-state index contributed by atoms with van der Waals surface area (Å²) in [6, 6.07) is 8.61. The molecule has 0 atom stereocenters. The molecule has 0 aromatic heterocycles. The molecule has 1 aromatic carbocycles. The van der Waals surface area contributed by atoms with E-state index in [1.807, 2.05) is 27.7 Å². The number of hydrogen-bond acceptors (Lipinski definition) is 0. The normalized spacial score (nSPS) is 8.38. The molecule has 1 aromatic rings. The fourth-order valence-electron chi connectivity index (χ4n) is 1.23. The van der Waals surface area contributed by atoms with Crippen LogP contribution in [-0.4, -0.2) is 0 Å². The molecule has 94 valence electrons. The molecular formula is C15H27Br. The maximum absolute atomic E-state index is 3.43. The first-order chi connectivity index (χ1) is 7.83. The van der Waals surface area contributed by atoms with Gasteiger partial charge in [-0.25, -0.2) is 0 Å². The fourth-order valence-corrected chi connectivity index (χ4v) is 1.49. The summed E-state index contributed by atoms with van der Waals surface area (Å²) in [5, 5.41) is 0. The number of aryl methyl sites for hydroxylation is 1. The molecule has 1 heteroatoms. The van der Waals surface area contributed by atoms with E-state index in [0.717, 1.165) is 0 Å².